The summed E-state index contributed by atoms with van der Waals surface area (Å²) in [5.41, 5.74) is 3.44. The highest BCUT2D eigenvalue weighted by Crippen LogP contribution is 2.31. The van der Waals surface area contributed by atoms with Crippen molar-refractivity contribution in [3.8, 4) is 33.4 Å². The molecule has 26 heteroatoms. The number of halogens is 10. The van der Waals surface area contributed by atoms with E-state index in [4.69, 9.17) is 38.4 Å². The van der Waals surface area contributed by atoms with E-state index in [9.17, 15) is 54.6 Å². The van der Waals surface area contributed by atoms with Gasteiger partial charge in [-0.2, -0.15) is 0 Å². The first-order valence-electron chi connectivity index (χ1n) is 25.4. The van der Waals surface area contributed by atoms with Crippen LogP contribution in [0.1, 0.15) is 0 Å². The van der Waals surface area contributed by atoms with E-state index in [1.807, 2.05) is 0 Å². The molecule has 0 aliphatic heterocycles. The summed E-state index contributed by atoms with van der Waals surface area (Å²) < 4.78 is 124. The maximum absolute atomic E-state index is 14.4. The lowest BCUT2D eigenvalue weighted by atomic mass is 10.0. The molecule has 8 heterocycles. The number of fused-ring (bicyclic) bond motifs is 3. The van der Waals surface area contributed by atoms with Gasteiger partial charge in [0.2, 0.25) is 0 Å². The number of anilines is 3. The maximum atomic E-state index is 14.4. The van der Waals surface area contributed by atoms with Crippen molar-refractivity contribution in [1.82, 2.24) is 38.6 Å². The number of hydrogen-bond acceptors (Lipinski definition) is 13. The maximum Gasteiger partial charge on any atom is 0.259 e. The Morgan fingerprint density at radius 2 is 0.826 bits per heavy atom. The van der Waals surface area contributed by atoms with Crippen LogP contribution < -0.4 is 27.7 Å². The molecule has 11 rings (SSSR count). The summed E-state index contributed by atoms with van der Waals surface area (Å²) in [5, 5.41) is 14.1. The van der Waals surface area contributed by atoms with E-state index < -0.39 is 68.5 Å². The van der Waals surface area contributed by atoms with Crippen LogP contribution in [-0.4, -0.2) is 77.8 Å². The Morgan fingerprint density at radius 1 is 0.465 bits per heavy atom. The molecule has 8 aromatic heterocycles. The number of methoxy groups -OCH3 is 2. The van der Waals surface area contributed by atoms with Crippen molar-refractivity contribution < 1.29 is 49.7 Å². The van der Waals surface area contributed by atoms with Crippen molar-refractivity contribution in [3.63, 3.8) is 0 Å². The van der Waals surface area contributed by atoms with E-state index in [0.29, 0.717) is 50.2 Å². The highest BCUT2D eigenvalue weighted by atomic mass is 35.5. The summed E-state index contributed by atoms with van der Waals surface area (Å²) in [5.74, 6) is -4.70. The van der Waals surface area contributed by atoms with E-state index in [1.165, 1.54) is 119 Å². The molecule has 0 radical (unpaired) electrons. The Bertz CT molecular complexity index is 4370. The highest BCUT2D eigenvalue weighted by molar-refractivity contribution is 6.30. The molecule has 0 spiro atoms. The van der Waals surface area contributed by atoms with Crippen LogP contribution >= 0.6 is 23.2 Å². The monoisotopic (exact) mass is 1220 g/mol. The molecule has 3 aromatic carbocycles. The Hall–Kier alpha value is -9.46. The van der Waals surface area contributed by atoms with Crippen molar-refractivity contribution in [1.29, 1.82) is 0 Å². The van der Waals surface area contributed by atoms with Crippen LogP contribution in [0, 0.1) is 46.5 Å². The second-order valence-corrected chi connectivity index (χ2v) is 19.0. The standard InChI is InChI=1S/C22H17F3N4O2.C17H13ClF2N2O2.C16H11ClF2N2O2.C5H5FN2/c1-31-8-7-29-18-10-20(28-19-6-5-14(23)12-27-19)26-11-13(18)9-15(22(29)30)21-16(24)3-2-4-17(21)25;1-24-6-5-22-14-8-15(18)21-9-10(14)7-11(17(22)23)16-12(19)3-2-4-13(16)20;17-14-7-13-9(8-20-14)6-10(16(23)21(13)4-5-22)15-11(18)2-1-3-12(15)19;6-4-1-2-5(7)8-3-4/h2-6,9-12H,7-8H2,1H3,(H,26,27,28);2-4,7-9H,5-6H2,1H3;1-3,6-8,22H,4-5H2;1-3H,(H2,7,8). The normalized spacial score (nSPS) is 10.9. The van der Waals surface area contributed by atoms with Crippen LogP contribution in [0.25, 0.3) is 66.1 Å². The van der Waals surface area contributed by atoms with Crippen molar-refractivity contribution in [2.45, 2.75) is 19.6 Å². The zero-order valence-electron chi connectivity index (χ0n) is 45.0. The van der Waals surface area contributed by atoms with Crippen molar-refractivity contribution in [3.05, 3.63) is 234 Å². The predicted molar refractivity (Wildman–Crippen MR) is 311 cm³/mol. The molecule has 0 unspecified atom stereocenters. The molecule has 4 N–H and O–H groups in total. The molecule has 11 aromatic rings. The minimum atomic E-state index is -0.834. The van der Waals surface area contributed by atoms with Gasteiger partial charge in [-0.25, -0.2) is 60.0 Å². The van der Waals surface area contributed by atoms with Crippen LogP contribution in [0.4, 0.5) is 52.6 Å². The number of ether oxygens (including phenoxy) is 2. The topological polar surface area (TPSA) is 207 Å². The Labute approximate surface area is 492 Å². The van der Waals surface area contributed by atoms with Gasteiger partial charge < -0.3 is 39.3 Å². The third kappa shape index (κ3) is 14.5. The van der Waals surface area contributed by atoms with Crippen molar-refractivity contribution >= 4 is 73.4 Å². The van der Waals surface area contributed by atoms with E-state index >= 15 is 0 Å². The first-order chi connectivity index (χ1) is 41.3. The summed E-state index contributed by atoms with van der Waals surface area (Å²) in [6.45, 7) is 0.517. The van der Waals surface area contributed by atoms with Gasteiger partial charge in [0.25, 0.3) is 16.7 Å². The number of nitrogens with one attached hydrogen (secondary N) is 1. The number of benzene rings is 3. The molecule has 0 fully saturated rings. The van der Waals surface area contributed by atoms with Gasteiger partial charge >= 0.3 is 0 Å². The molecule has 16 nitrogen and oxygen atoms in total. The predicted octanol–water partition coefficient (Wildman–Crippen LogP) is 11.7. The van der Waals surface area contributed by atoms with E-state index in [-0.39, 0.29) is 77.8 Å². The van der Waals surface area contributed by atoms with E-state index in [1.54, 1.807) is 6.07 Å². The Balaban J connectivity index is 0.000000159. The Kier molecular flexibility index (Phi) is 20.7. The van der Waals surface area contributed by atoms with Gasteiger partial charge in [-0.3, -0.25) is 14.4 Å². The fourth-order valence-corrected chi connectivity index (χ4v) is 9.04. The van der Waals surface area contributed by atoms with Crippen molar-refractivity contribution in [2.75, 3.05) is 45.1 Å². The number of pyridine rings is 8. The summed E-state index contributed by atoms with van der Waals surface area (Å²) in [6.07, 6.45) is 6.49. The van der Waals surface area contributed by atoms with Crippen LogP contribution in [-0.2, 0) is 29.1 Å². The number of nitrogen functional groups attached to an aromatic ring is 1. The largest absolute Gasteiger partial charge is 0.395 e. The Morgan fingerprint density at radius 3 is 1.17 bits per heavy atom. The molecule has 0 aliphatic rings. The lowest BCUT2D eigenvalue weighted by molar-refractivity contribution is 0.187. The van der Waals surface area contributed by atoms with Gasteiger partial charge in [0.05, 0.1) is 82.1 Å². The van der Waals surface area contributed by atoms with E-state index in [0.717, 1.165) is 48.8 Å². The van der Waals surface area contributed by atoms with Crippen LogP contribution in [0.5, 0.6) is 0 Å². The lowest BCUT2D eigenvalue weighted by Crippen LogP contribution is -2.25. The first-order valence-corrected chi connectivity index (χ1v) is 26.2. The molecule has 0 atom stereocenters. The number of nitrogens with zero attached hydrogens (tertiary/aromatic N) is 8. The molecule has 0 amide bonds. The summed E-state index contributed by atoms with van der Waals surface area (Å²) in [7, 11) is 2.99. The van der Waals surface area contributed by atoms with Gasteiger partial charge in [0.1, 0.15) is 74.3 Å². The number of aliphatic hydroxyl groups excluding tert-OH is 1. The fourth-order valence-electron chi connectivity index (χ4n) is 8.74. The van der Waals surface area contributed by atoms with Gasteiger partial charge in [-0.05, 0) is 91.0 Å². The number of aliphatic hydroxyl groups is 1. The van der Waals surface area contributed by atoms with Gasteiger partial charge in [0.15, 0.2) is 0 Å². The second kappa shape index (κ2) is 28.4. The number of aromatic nitrogens is 8. The molecular weight excluding hydrogens is 1180 g/mol. The number of rotatable bonds is 13. The number of nitrogens with two attached hydrogens (primary N) is 1. The van der Waals surface area contributed by atoms with Gasteiger partial charge in [0, 0.05) is 74.7 Å². The third-order valence-corrected chi connectivity index (χ3v) is 13.1. The molecule has 86 heavy (non-hydrogen) atoms. The second-order valence-electron chi connectivity index (χ2n) is 18.2. The molecule has 0 bridgehead atoms. The highest BCUT2D eigenvalue weighted by Gasteiger charge is 2.22. The van der Waals surface area contributed by atoms with Crippen LogP contribution in [0.15, 0.2) is 161 Å². The van der Waals surface area contributed by atoms with Gasteiger partial charge in [-0.1, -0.05) is 41.4 Å². The molecular formula is C60H46Cl2F8N10O6. The summed E-state index contributed by atoms with van der Waals surface area (Å²) in [6, 6.07) is 24.5. The SMILES string of the molecule is COCCn1c(=O)c(-c2c(F)cccc2F)cc2cnc(Cl)cc21.COCCn1c(=O)c(-c2c(F)cccc2F)cc2cnc(Nc3ccc(F)cn3)cc21.Nc1ccc(F)cn1.O=c1c(-c2c(F)cccc2F)cc2cnc(Cl)cc2n1CCO. The smallest absolute Gasteiger partial charge is 0.259 e. The quantitative estimate of drug-likeness (QED) is 0.0726. The summed E-state index contributed by atoms with van der Waals surface area (Å²) >= 11 is 11.7. The molecule has 0 aliphatic carbocycles. The fraction of sp³-hybridized carbons (Fsp3) is 0.133. The zero-order chi connectivity index (χ0) is 61.8. The van der Waals surface area contributed by atoms with E-state index in [2.05, 4.69) is 30.2 Å². The summed E-state index contributed by atoms with van der Waals surface area (Å²) in [4.78, 5) is 58.2. The average molecular weight is 1230 g/mol. The minimum Gasteiger partial charge on any atom is -0.395 e. The third-order valence-electron chi connectivity index (χ3n) is 12.7. The molecule has 0 saturated carbocycles. The number of hydrogen-bond donors (Lipinski definition) is 3. The van der Waals surface area contributed by atoms with Gasteiger partial charge in [-0.15, -0.1) is 0 Å². The molecule has 0 saturated heterocycles. The van der Waals surface area contributed by atoms with Crippen LogP contribution in [0.2, 0.25) is 10.3 Å². The first kappa shape index (κ1) is 62.6. The average Bonchev–Trinajstić information content (AvgIpc) is 1.57. The van der Waals surface area contributed by atoms with Crippen LogP contribution in [0.3, 0.4) is 0 Å². The zero-order valence-corrected chi connectivity index (χ0v) is 46.5. The minimum absolute atomic E-state index is 0.0282. The lowest BCUT2D eigenvalue weighted by Gasteiger charge is -2.15. The molecule has 442 valence electrons. The van der Waals surface area contributed by atoms with Crippen molar-refractivity contribution in [2.24, 2.45) is 0 Å².